The largest absolute Gasteiger partial charge is 0.238 e. The van der Waals surface area contributed by atoms with Crippen LogP contribution in [0.1, 0.15) is 17.0 Å². The van der Waals surface area contributed by atoms with Gasteiger partial charge < -0.3 is 0 Å². The van der Waals surface area contributed by atoms with Crippen molar-refractivity contribution >= 4 is 38.6 Å². The van der Waals surface area contributed by atoms with Crippen LogP contribution in [0.4, 0.5) is 0 Å². The first-order valence-electron chi connectivity index (χ1n) is 6.12. The molecule has 1 aromatic carbocycles. The first kappa shape index (κ1) is 13.5. The highest BCUT2D eigenvalue weighted by Gasteiger charge is 2.13. The van der Waals surface area contributed by atoms with Crippen molar-refractivity contribution in [1.29, 1.82) is 0 Å². The number of rotatable bonds is 1. The Morgan fingerprint density at radius 3 is 2.40 bits per heavy atom. The van der Waals surface area contributed by atoms with E-state index in [1.54, 1.807) is 6.92 Å². The molecule has 0 aliphatic rings. The summed E-state index contributed by atoms with van der Waals surface area (Å²) in [7, 11) is 0. The van der Waals surface area contributed by atoms with Crippen LogP contribution in [0.5, 0.6) is 0 Å². The number of fused-ring (bicyclic) bond motifs is 1. The SMILES string of the molecule is Cc1nc(Cl)c2cn(-c3c(C)cc(Br)cc3C)nc2n1. The van der Waals surface area contributed by atoms with E-state index in [2.05, 4.69) is 57.0 Å². The molecule has 3 rings (SSSR count). The molecule has 0 radical (unpaired) electrons. The van der Waals surface area contributed by atoms with Crippen LogP contribution in [0.25, 0.3) is 16.7 Å². The van der Waals surface area contributed by atoms with Crippen molar-refractivity contribution in [2.24, 2.45) is 0 Å². The standard InChI is InChI=1S/C14H12BrClN4/c1-7-4-10(15)5-8(2)12(7)20-6-11-13(16)17-9(3)18-14(11)19-20/h4-6H,1-3H3. The van der Waals surface area contributed by atoms with Crippen molar-refractivity contribution in [1.82, 2.24) is 19.7 Å². The smallest absolute Gasteiger partial charge is 0.186 e. The van der Waals surface area contributed by atoms with Gasteiger partial charge in [0, 0.05) is 10.7 Å². The molecule has 0 unspecified atom stereocenters. The van der Waals surface area contributed by atoms with Gasteiger partial charge in [0.15, 0.2) is 5.65 Å². The van der Waals surface area contributed by atoms with Crippen LogP contribution in [0.2, 0.25) is 5.15 Å². The summed E-state index contributed by atoms with van der Waals surface area (Å²) in [4.78, 5) is 8.48. The van der Waals surface area contributed by atoms with E-state index in [0.29, 0.717) is 16.6 Å². The second-order valence-electron chi connectivity index (χ2n) is 4.76. The lowest BCUT2D eigenvalue weighted by molar-refractivity contribution is 0.870. The third-order valence-corrected chi connectivity index (χ3v) is 3.88. The summed E-state index contributed by atoms with van der Waals surface area (Å²) in [5, 5.41) is 5.72. The molecule has 102 valence electrons. The maximum Gasteiger partial charge on any atom is 0.186 e. The first-order valence-corrected chi connectivity index (χ1v) is 7.29. The number of hydrogen-bond donors (Lipinski definition) is 0. The highest BCUT2D eigenvalue weighted by Crippen LogP contribution is 2.26. The van der Waals surface area contributed by atoms with Crippen LogP contribution in [0, 0.1) is 20.8 Å². The summed E-state index contributed by atoms with van der Waals surface area (Å²) in [5.41, 5.74) is 3.92. The van der Waals surface area contributed by atoms with Crippen LogP contribution in [0.3, 0.4) is 0 Å². The topological polar surface area (TPSA) is 43.6 Å². The summed E-state index contributed by atoms with van der Waals surface area (Å²) in [6.07, 6.45) is 1.88. The summed E-state index contributed by atoms with van der Waals surface area (Å²) >= 11 is 9.66. The minimum absolute atomic E-state index is 0.436. The van der Waals surface area contributed by atoms with Crippen LogP contribution >= 0.6 is 27.5 Å². The molecule has 0 bridgehead atoms. The van der Waals surface area contributed by atoms with E-state index in [0.717, 1.165) is 26.7 Å². The van der Waals surface area contributed by atoms with Gasteiger partial charge in [-0.1, -0.05) is 27.5 Å². The lowest BCUT2D eigenvalue weighted by atomic mass is 10.1. The molecule has 2 heterocycles. The summed E-state index contributed by atoms with van der Waals surface area (Å²) in [6.45, 7) is 5.91. The van der Waals surface area contributed by atoms with E-state index in [9.17, 15) is 0 Å². The molecule has 0 N–H and O–H groups in total. The van der Waals surface area contributed by atoms with Gasteiger partial charge in [-0.25, -0.2) is 14.6 Å². The Labute approximate surface area is 129 Å². The van der Waals surface area contributed by atoms with Crippen molar-refractivity contribution in [3.05, 3.63) is 44.9 Å². The third-order valence-electron chi connectivity index (χ3n) is 3.13. The van der Waals surface area contributed by atoms with E-state index in [-0.39, 0.29) is 0 Å². The van der Waals surface area contributed by atoms with Gasteiger partial charge in [-0.05, 0) is 44.0 Å². The molecule has 0 spiro atoms. The Balaban J connectivity index is 2.28. The predicted molar refractivity (Wildman–Crippen MR) is 83.6 cm³/mol. The van der Waals surface area contributed by atoms with Crippen molar-refractivity contribution in [3.8, 4) is 5.69 Å². The van der Waals surface area contributed by atoms with Crippen LogP contribution in [0.15, 0.2) is 22.8 Å². The van der Waals surface area contributed by atoms with Gasteiger partial charge in [-0.15, -0.1) is 5.10 Å². The number of nitrogens with zero attached hydrogens (tertiary/aromatic N) is 4. The maximum atomic E-state index is 6.16. The third kappa shape index (κ3) is 2.21. The number of hydrogen-bond acceptors (Lipinski definition) is 3. The molecule has 0 aliphatic heterocycles. The van der Waals surface area contributed by atoms with Crippen molar-refractivity contribution in [2.75, 3.05) is 0 Å². The molecule has 0 aliphatic carbocycles. The number of halogens is 2. The Hall–Kier alpha value is -1.46. The van der Waals surface area contributed by atoms with Gasteiger partial charge in [0.2, 0.25) is 0 Å². The Morgan fingerprint density at radius 1 is 1.10 bits per heavy atom. The van der Waals surface area contributed by atoms with E-state index in [4.69, 9.17) is 11.6 Å². The molecule has 0 saturated carbocycles. The van der Waals surface area contributed by atoms with Crippen molar-refractivity contribution in [3.63, 3.8) is 0 Å². The second-order valence-corrected chi connectivity index (χ2v) is 6.03. The zero-order chi connectivity index (χ0) is 14.4. The lowest BCUT2D eigenvalue weighted by Gasteiger charge is -2.10. The lowest BCUT2D eigenvalue weighted by Crippen LogP contribution is -2.00. The summed E-state index contributed by atoms with van der Waals surface area (Å²) < 4.78 is 2.88. The molecule has 0 amide bonds. The van der Waals surface area contributed by atoms with Crippen LogP contribution in [-0.4, -0.2) is 19.7 Å². The predicted octanol–water partition coefficient (Wildman–Crippen LogP) is 4.16. The Kier molecular flexibility index (Phi) is 3.26. The minimum Gasteiger partial charge on any atom is -0.238 e. The highest BCUT2D eigenvalue weighted by molar-refractivity contribution is 9.10. The van der Waals surface area contributed by atoms with Crippen molar-refractivity contribution < 1.29 is 0 Å². The zero-order valence-electron chi connectivity index (χ0n) is 11.3. The van der Waals surface area contributed by atoms with E-state index in [1.165, 1.54) is 0 Å². The Bertz CT molecular complexity index is 802. The fourth-order valence-electron chi connectivity index (χ4n) is 2.35. The second kappa shape index (κ2) is 4.82. The fourth-order valence-corrected chi connectivity index (χ4v) is 3.29. The van der Waals surface area contributed by atoms with E-state index in [1.807, 2.05) is 10.9 Å². The molecule has 2 aromatic heterocycles. The summed E-state index contributed by atoms with van der Waals surface area (Å²) in [6, 6.07) is 4.13. The quantitative estimate of drug-likeness (QED) is 0.618. The molecule has 0 atom stereocenters. The van der Waals surface area contributed by atoms with E-state index < -0.39 is 0 Å². The van der Waals surface area contributed by atoms with Gasteiger partial charge in [0.1, 0.15) is 11.0 Å². The average Bonchev–Trinajstić information content (AvgIpc) is 2.71. The van der Waals surface area contributed by atoms with Gasteiger partial charge in [0.25, 0.3) is 0 Å². The van der Waals surface area contributed by atoms with Crippen LogP contribution in [-0.2, 0) is 0 Å². The van der Waals surface area contributed by atoms with Gasteiger partial charge >= 0.3 is 0 Å². The molecular weight excluding hydrogens is 340 g/mol. The number of aryl methyl sites for hydroxylation is 3. The van der Waals surface area contributed by atoms with Crippen LogP contribution < -0.4 is 0 Å². The molecular formula is C14H12BrClN4. The monoisotopic (exact) mass is 350 g/mol. The van der Waals surface area contributed by atoms with Crippen molar-refractivity contribution in [2.45, 2.75) is 20.8 Å². The maximum absolute atomic E-state index is 6.16. The molecule has 6 heteroatoms. The van der Waals surface area contributed by atoms with Gasteiger partial charge in [-0.2, -0.15) is 0 Å². The van der Waals surface area contributed by atoms with E-state index >= 15 is 0 Å². The number of aromatic nitrogens is 4. The number of benzene rings is 1. The molecule has 0 fully saturated rings. The molecule has 0 saturated heterocycles. The van der Waals surface area contributed by atoms with Gasteiger partial charge in [-0.3, -0.25) is 0 Å². The zero-order valence-corrected chi connectivity index (χ0v) is 13.6. The fraction of sp³-hybridized carbons (Fsp3) is 0.214. The molecule has 20 heavy (non-hydrogen) atoms. The highest BCUT2D eigenvalue weighted by atomic mass is 79.9. The Morgan fingerprint density at radius 2 is 1.75 bits per heavy atom. The first-order chi connectivity index (χ1) is 9.45. The molecule has 3 aromatic rings. The summed E-state index contributed by atoms with van der Waals surface area (Å²) in [5.74, 6) is 0.622. The molecule has 4 nitrogen and oxygen atoms in total. The van der Waals surface area contributed by atoms with Gasteiger partial charge in [0.05, 0.1) is 11.1 Å². The normalized spacial score (nSPS) is 11.2. The average molecular weight is 352 g/mol. The minimum atomic E-state index is 0.436.